The number of amides is 1. The van der Waals surface area contributed by atoms with E-state index in [9.17, 15) is 4.79 Å². The molecule has 0 saturated heterocycles. The van der Waals surface area contributed by atoms with E-state index < -0.39 is 0 Å². The van der Waals surface area contributed by atoms with Gasteiger partial charge >= 0.3 is 0 Å². The summed E-state index contributed by atoms with van der Waals surface area (Å²) in [6.07, 6.45) is 0.731. The molecule has 158 valence electrons. The number of hydrogen-bond donors (Lipinski definition) is 1. The van der Waals surface area contributed by atoms with Crippen LogP contribution in [0.25, 0.3) is 28.2 Å². The normalized spacial score (nSPS) is 10.9. The first-order valence-corrected chi connectivity index (χ1v) is 10.1. The SMILES string of the molecule is COCCCNC(=O)c1cc(-c2ccccc2OC)n2nc(-c3ccccc3)cc2n1. The minimum Gasteiger partial charge on any atom is -0.496 e. The van der Waals surface area contributed by atoms with Gasteiger partial charge in [-0.3, -0.25) is 4.79 Å². The van der Waals surface area contributed by atoms with Crippen molar-refractivity contribution in [1.82, 2.24) is 19.9 Å². The molecule has 1 amide bonds. The number of nitrogens with zero attached hydrogens (tertiary/aromatic N) is 3. The number of carbonyl (C=O) groups is 1. The molecule has 0 unspecified atom stereocenters. The number of benzene rings is 2. The number of methoxy groups -OCH3 is 2. The zero-order chi connectivity index (χ0) is 21.6. The van der Waals surface area contributed by atoms with E-state index >= 15 is 0 Å². The summed E-state index contributed by atoms with van der Waals surface area (Å²) in [5, 5.41) is 7.67. The predicted octanol–water partition coefficient (Wildman–Crippen LogP) is 3.84. The van der Waals surface area contributed by atoms with E-state index in [1.54, 1.807) is 24.8 Å². The number of carbonyl (C=O) groups excluding carboxylic acids is 1. The Balaban J connectivity index is 1.82. The van der Waals surface area contributed by atoms with E-state index in [4.69, 9.17) is 14.6 Å². The minimum atomic E-state index is -0.239. The van der Waals surface area contributed by atoms with Gasteiger partial charge < -0.3 is 14.8 Å². The zero-order valence-corrected chi connectivity index (χ0v) is 17.5. The summed E-state index contributed by atoms with van der Waals surface area (Å²) in [6.45, 7) is 1.10. The van der Waals surface area contributed by atoms with Crippen LogP contribution in [0.4, 0.5) is 0 Å². The van der Waals surface area contributed by atoms with Gasteiger partial charge in [0.15, 0.2) is 5.65 Å². The standard InChI is InChI=1S/C24H24N4O3/c1-30-14-8-13-25-24(29)20-15-21(18-11-6-7-12-22(18)31-2)28-23(26-20)16-19(27-28)17-9-4-3-5-10-17/h3-7,9-12,15-16H,8,13-14H2,1-2H3,(H,25,29). The molecule has 2 heterocycles. The second kappa shape index (κ2) is 9.40. The summed E-state index contributed by atoms with van der Waals surface area (Å²) < 4.78 is 12.4. The molecule has 2 aromatic heterocycles. The van der Waals surface area contributed by atoms with E-state index in [-0.39, 0.29) is 5.91 Å². The Labute approximate surface area is 180 Å². The van der Waals surface area contributed by atoms with Crippen molar-refractivity contribution in [3.63, 3.8) is 0 Å². The first-order chi connectivity index (χ1) is 15.2. The summed E-state index contributed by atoms with van der Waals surface area (Å²) in [7, 11) is 3.26. The molecular weight excluding hydrogens is 392 g/mol. The van der Waals surface area contributed by atoms with E-state index in [1.807, 2.05) is 60.7 Å². The van der Waals surface area contributed by atoms with Crippen molar-refractivity contribution in [2.24, 2.45) is 0 Å². The van der Waals surface area contributed by atoms with E-state index in [2.05, 4.69) is 10.3 Å². The molecule has 2 aromatic carbocycles. The predicted molar refractivity (Wildman–Crippen MR) is 119 cm³/mol. The summed E-state index contributed by atoms with van der Waals surface area (Å²) in [5.74, 6) is 0.454. The molecule has 0 fully saturated rings. The highest BCUT2D eigenvalue weighted by Crippen LogP contribution is 2.31. The van der Waals surface area contributed by atoms with Gasteiger partial charge in [-0.15, -0.1) is 0 Å². The maximum Gasteiger partial charge on any atom is 0.270 e. The van der Waals surface area contributed by atoms with Crippen LogP contribution in [0.15, 0.2) is 66.7 Å². The number of aromatic nitrogens is 3. The van der Waals surface area contributed by atoms with Crippen LogP contribution in [0, 0.1) is 0 Å². The van der Waals surface area contributed by atoms with Gasteiger partial charge in [-0.1, -0.05) is 42.5 Å². The van der Waals surface area contributed by atoms with Crippen LogP contribution in [0.3, 0.4) is 0 Å². The molecule has 0 aliphatic rings. The average molecular weight is 416 g/mol. The number of ether oxygens (including phenoxy) is 2. The third kappa shape index (κ3) is 4.41. The highest BCUT2D eigenvalue weighted by Gasteiger charge is 2.18. The van der Waals surface area contributed by atoms with E-state index in [1.165, 1.54) is 0 Å². The summed E-state index contributed by atoms with van der Waals surface area (Å²) in [4.78, 5) is 17.4. The van der Waals surface area contributed by atoms with E-state index in [0.29, 0.717) is 30.2 Å². The lowest BCUT2D eigenvalue weighted by Crippen LogP contribution is -2.26. The van der Waals surface area contributed by atoms with Crippen molar-refractivity contribution in [3.05, 3.63) is 72.4 Å². The van der Waals surface area contributed by atoms with Crippen LogP contribution in [-0.2, 0) is 4.74 Å². The van der Waals surface area contributed by atoms with Crippen molar-refractivity contribution in [2.45, 2.75) is 6.42 Å². The van der Waals surface area contributed by atoms with Gasteiger partial charge in [-0.25, -0.2) is 9.50 Å². The molecular formula is C24H24N4O3. The van der Waals surface area contributed by atoms with Crippen LogP contribution in [0.2, 0.25) is 0 Å². The van der Waals surface area contributed by atoms with Crippen molar-refractivity contribution < 1.29 is 14.3 Å². The van der Waals surface area contributed by atoms with E-state index in [0.717, 1.165) is 28.9 Å². The Kier molecular flexibility index (Phi) is 6.24. The Bertz CT molecular complexity index is 1190. The fourth-order valence-electron chi connectivity index (χ4n) is 3.40. The summed E-state index contributed by atoms with van der Waals surface area (Å²) in [6, 6.07) is 21.2. The van der Waals surface area contributed by atoms with Crippen molar-refractivity contribution in [2.75, 3.05) is 27.4 Å². The summed E-state index contributed by atoms with van der Waals surface area (Å²) >= 11 is 0. The quantitative estimate of drug-likeness (QED) is 0.442. The molecule has 0 radical (unpaired) electrons. The second-order valence-electron chi connectivity index (χ2n) is 6.99. The average Bonchev–Trinajstić information content (AvgIpc) is 3.26. The monoisotopic (exact) mass is 416 g/mol. The van der Waals surface area contributed by atoms with Crippen LogP contribution >= 0.6 is 0 Å². The molecule has 0 aliphatic heterocycles. The van der Waals surface area contributed by atoms with Gasteiger partial charge in [0, 0.05) is 37.5 Å². The highest BCUT2D eigenvalue weighted by atomic mass is 16.5. The second-order valence-corrected chi connectivity index (χ2v) is 6.99. The number of rotatable bonds is 8. The Morgan fingerprint density at radius 3 is 2.58 bits per heavy atom. The maximum absolute atomic E-state index is 12.8. The lowest BCUT2D eigenvalue weighted by Gasteiger charge is -2.12. The van der Waals surface area contributed by atoms with Gasteiger partial charge in [-0.05, 0) is 24.6 Å². The Morgan fingerprint density at radius 2 is 1.81 bits per heavy atom. The minimum absolute atomic E-state index is 0.239. The third-order valence-corrected chi connectivity index (χ3v) is 4.92. The Hall–Kier alpha value is -3.71. The Morgan fingerprint density at radius 1 is 1.03 bits per heavy atom. The fourth-order valence-corrected chi connectivity index (χ4v) is 3.40. The number of hydrogen-bond acceptors (Lipinski definition) is 5. The van der Waals surface area contributed by atoms with Gasteiger partial charge in [0.1, 0.15) is 11.4 Å². The lowest BCUT2D eigenvalue weighted by molar-refractivity contribution is 0.0944. The molecule has 0 saturated carbocycles. The molecule has 0 bridgehead atoms. The van der Waals surface area contributed by atoms with Crippen LogP contribution in [-0.4, -0.2) is 47.9 Å². The third-order valence-electron chi connectivity index (χ3n) is 4.92. The van der Waals surface area contributed by atoms with Crippen LogP contribution in [0.1, 0.15) is 16.9 Å². The molecule has 0 spiro atoms. The first kappa shape index (κ1) is 20.6. The first-order valence-electron chi connectivity index (χ1n) is 10.1. The van der Waals surface area contributed by atoms with Gasteiger partial charge in [0.05, 0.1) is 18.5 Å². The van der Waals surface area contributed by atoms with Crippen molar-refractivity contribution >= 4 is 11.6 Å². The fraction of sp³-hybridized carbons (Fsp3) is 0.208. The largest absolute Gasteiger partial charge is 0.496 e. The van der Waals surface area contributed by atoms with Crippen LogP contribution in [0.5, 0.6) is 5.75 Å². The highest BCUT2D eigenvalue weighted by molar-refractivity contribution is 5.94. The molecule has 7 nitrogen and oxygen atoms in total. The number of fused-ring (bicyclic) bond motifs is 1. The topological polar surface area (TPSA) is 77.8 Å². The molecule has 1 N–H and O–H groups in total. The van der Waals surface area contributed by atoms with Crippen molar-refractivity contribution in [1.29, 1.82) is 0 Å². The molecule has 31 heavy (non-hydrogen) atoms. The number of nitrogens with one attached hydrogen (secondary N) is 1. The molecule has 0 atom stereocenters. The maximum atomic E-state index is 12.8. The molecule has 4 rings (SSSR count). The zero-order valence-electron chi connectivity index (χ0n) is 17.5. The molecule has 4 aromatic rings. The smallest absolute Gasteiger partial charge is 0.270 e. The van der Waals surface area contributed by atoms with Crippen LogP contribution < -0.4 is 10.1 Å². The van der Waals surface area contributed by atoms with Gasteiger partial charge in [-0.2, -0.15) is 5.10 Å². The van der Waals surface area contributed by atoms with Crippen molar-refractivity contribution in [3.8, 4) is 28.3 Å². The molecule has 0 aliphatic carbocycles. The van der Waals surface area contributed by atoms with Gasteiger partial charge in [0.2, 0.25) is 0 Å². The van der Waals surface area contributed by atoms with Gasteiger partial charge in [0.25, 0.3) is 5.91 Å². The molecule has 7 heteroatoms. The lowest BCUT2D eigenvalue weighted by atomic mass is 10.1. The number of para-hydroxylation sites is 1. The summed E-state index contributed by atoms with van der Waals surface area (Å²) in [5.41, 5.74) is 4.22.